The normalized spacial score (nSPS) is 16.4. The van der Waals surface area contributed by atoms with E-state index in [0.717, 1.165) is 43.1 Å². The third-order valence-electron chi connectivity index (χ3n) is 4.44. The Balaban J connectivity index is 1.95. The molecule has 0 heterocycles. The Bertz CT molecular complexity index is 443. The molecule has 0 amide bonds. The molecule has 0 aliphatic heterocycles. The molecule has 3 heteroatoms. The standard InChI is InChI=1S/C18H29FN2/c1-4-20-18(16-9-6-14(3)17(19)12-16)10-11-21(5-2)13-15-7-8-15/h6,9,12,15,18,20H,4-5,7-8,10-11,13H2,1-3H3. The second-order valence-corrected chi connectivity index (χ2v) is 6.24. The van der Waals surface area contributed by atoms with Gasteiger partial charge in [0.1, 0.15) is 5.82 Å². The van der Waals surface area contributed by atoms with E-state index >= 15 is 0 Å². The molecule has 0 aromatic heterocycles. The van der Waals surface area contributed by atoms with Crippen molar-refractivity contribution in [2.45, 2.75) is 46.1 Å². The van der Waals surface area contributed by atoms with Crippen molar-refractivity contribution in [1.29, 1.82) is 0 Å². The zero-order valence-electron chi connectivity index (χ0n) is 13.7. The third-order valence-corrected chi connectivity index (χ3v) is 4.44. The van der Waals surface area contributed by atoms with Gasteiger partial charge in [-0.1, -0.05) is 26.0 Å². The second kappa shape index (κ2) is 7.90. The fourth-order valence-corrected chi connectivity index (χ4v) is 2.81. The van der Waals surface area contributed by atoms with Crippen LogP contribution in [0.15, 0.2) is 18.2 Å². The highest BCUT2D eigenvalue weighted by Gasteiger charge is 2.24. The average molecular weight is 292 g/mol. The summed E-state index contributed by atoms with van der Waals surface area (Å²) in [5, 5.41) is 3.50. The van der Waals surface area contributed by atoms with Gasteiger partial charge in [0.25, 0.3) is 0 Å². The van der Waals surface area contributed by atoms with Gasteiger partial charge in [0.15, 0.2) is 0 Å². The van der Waals surface area contributed by atoms with Gasteiger partial charge in [0.2, 0.25) is 0 Å². The number of benzene rings is 1. The minimum atomic E-state index is -0.0965. The fraction of sp³-hybridized carbons (Fsp3) is 0.667. The van der Waals surface area contributed by atoms with E-state index in [4.69, 9.17) is 0 Å². The molecule has 0 bridgehead atoms. The quantitative estimate of drug-likeness (QED) is 0.742. The van der Waals surface area contributed by atoms with Gasteiger partial charge in [-0.25, -0.2) is 4.39 Å². The summed E-state index contributed by atoms with van der Waals surface area (Å²) in [7, 11) is 0. The van der Waals surface area contributed by atoms with E-state index in [1.807, 2.05) is 13.0 Å². The van der Waals surface area contributed by atoms with Crippen LogP contribution >= 0.6 is 0 Å². The Morgan fingerprint density at radius 2 is 2.10 bits per heavy atom. The maximum Gasteiger partial charge on any atom is 0.126 e. The first-order valence-electron chi connectivity index (χ1n) is 8.35. The van der Waals surface area contributed by atoms with E-state index in [-0.39, 0.29) is 11.9 Å². The van der Waals surface area contributed by atoms with Gasteiger partial charge in [-0.3, -0.25) is 0 Å². The molecule has 1 saturated carbocycles. The van der Waals surface area contributed by atoms with Gasteiger partial charge in [-0.2, -0.15) is 0 Å². The highest BCUT2D eigenvalue weighted by Crippen LogP contribution is 2.30. The van der Waals surface area contributed by atoms with Crippen molar-refractivity contribution in [3.05, 3.63) is 35.1 Å². The highest BCUT2D eigenvalue weighted by molar-refractivity contribution is 5.25. The van der Waals surface area contributed by atoms with Crippen LogP contribution in [0.1, 0.15) is 50.3 Å². The SMILES string of the molecule is CCNC(CCN(CC)CC1CC1)c1ccc(C)c(F)c1. The lowest BCUT2D eigenvalue weighted by Gasteiger charge is -2.25. The zero-order valence-corrected chi connectivity index (χ0v) is 13.7. The van der Waals surface area contributed by atoms with Crippen LogP contribution in [-0.4, -0.2) is 31.1 Å². The topological polar surface area (TPSA) is 15.3 Å². The summed E-state index contributed by atoms with van der Waals surface area (Å²) >= 11 is 0. The molecule has 2 rings (SSSR count). The van der Waals surface area contributed by atoms with Crippen molar-refractivity contribution in [2.75, 3.05) is 26.2 Å². The number of nitrogens with zero attached hydrogens (tertiary/aromatic N) is 1. The zero-order chi connectivity index (χ0) is 15.2. The van der Waals surface area contributed by atoms with Crippen LogP contribution in [0.2, 0.25) is 0 Å². The van der Waals surface area contributed by atoms with E-state index in [2.05, 4.69) is 30.1 Å². The number of aryl methyl sites for hydroxylation is 1. The summed E-state index contributed by atoms with van der Waals surface area (Å²) in [6, 6.07) is 5.89. The van der Waals surface area contributed by atoms with Gasteiger partial charge in [0.05, 0.1) is 0 Å². The third kappa shape index (κ3) is 5.08. The van der Waals surface area contributed by atoms with E-state index < -0.39 is 0 Å². The van der Waals surface area contributed by atoms with Gasteiger partial charge >= 0.3 is 0 Å². The van der Waals surface area contributed by atoms with E-state index in [9.17, 15) is 4.39 Å². The number of rotatable bonds is 9. The Morgan fingerprint density at radius 3 is 2.67 bits per heavy atom. The van der Waals surface area contributed by atoms with Crippen LogP contribution in [-0.2, 0) is 0 Å². The number of nitrogens with one attached hydrogen (secondary N) is 1. The van der Waals surface area contributed by atoms with Gasteiger partial charge < -0.3 is 10.2 Å². The maximum absolute atomic E-state index is 13.8. The van der Waals surface area contributed by atoms with Crippen molar-refractivity contribution < 1.29 is 4.39 Å². The Hall–Kier alpha value is -0.930. The molecule has 2 nitrogen and oxygen atoms in total. The van der Waals surface area contributed by atoms with Crippen molar-refractivity contribution in [3.63, 3.8) is 0 Å². The summed E-state index contributed by atoms with van der Waals surface area (Å²) in [5.41, 5.74) is 1.79. The van der Waals surface area contributed by atoms with Crippen molar-refractivity contribution >= 4 is 0 Å². The molecule has 0 radical (unpaired) electrons. The summed E-state index contributed by atoms with van der Waals surface area (Å²) in [6.45, 7) is 10.5. The molecular weight excluding hydrogens is 263 g/mol. The van der Waals surface area contributed by atoms with E-state index in [1.165, 1.54) is 19.4 Å². The molecule has 1 aliphatic carbocycles. The molecule has 1 aliphatic rings. The predicted octanol–water partition coefficient (Wildman–Crippen LogP) is 3.91. The summed E-state index contributed by atoms with van der Waals surface area (Å²) in [6.07, 6.45) is 3.84. The molecule has 21 heavy (non-hydrogen) atoms. The van der Waals surface area contributed by atoms with Crippen LogP contribution in [0.25, 0.3) is 0 Å². The molecule has 1 unspecified atom stereocenters. The van der Waals surface area contributed by atoms with Crippen LogP contribution in [0.5, 0.6) is 0 Å². The lowest BCUT2D eigenvalue weighted by atomic mass is 10.0. The summed E-state index contributed by atoms with van der Waals surface area (Å²) < 4.78 is 13.8. The molecule has 1 fully saturated rings. The van der Waals surface area contributed by atoms with Crippen LogP contribution in [0.4, 0.5) is 4.39 Å². The first kappa shape index (κ1) is 16.4. The number of hydrogen-bond donors (Lipinski definition) is 1. The Labute approximate surface area is 128 Å². The largest absolute Gasteiger partial charge is 0.310 e. The summed E-state index contributed by atoms with van der Waals surface area (Å²) in [5.74, 6) is 0.833. The minimum Gasteiger partial charge on any atom is -0.310 e. The molecule has 1 N–H and O–H groups in total. The smallest absolute Gasteiger partial charge is 0.126 e. The van der Waals surface area contributed by atoms with E-state index in [1.54, 1.807) is 6.07 Å². The molecule has 0 spiro atoms. The van der Waals surface area contributed by atoms with Crippen molar-refractivity contribution in [1.82, 2.24) is 10.2 Å². The van der Waals surface area contributed by atoms with Crippen LogP contribution in [0.3, 0.4) is 0 Å². The Morgan fingerprint density at radius 1 is 1.33 bits per heavy atom. The Kier molecular flexibility index (Phi) is 6.19. The average Bonchev–Trinajstić information content (AvgIpc) is 3.29. The van der Waals surface area contributed by atoms with Gasteiger partial charge in [-0.05, 0) is 68.9 Å². The first-order chi connectivity index (χ1) is 10.1. The van der Waals surface area contributed by atoms with Crippen molar-refractivity contribution in [3.8, 4) is 0 Å². The van der Waals surface area contributed by atoms with Gasteiger partial charge in [0, 0.05) is 12.6 Å². The molecule has 1 aromatic carbocycles. The molecule has 0 saturated heterocycles. The lowest BCUT2D eigenvalue weighted by molar-refractivity contribution is 0.259. The molecular formula is C18H29FN2. The molecule has 118 valence electrons. The summed E-state index contributed by atoms with van der Waals surface area (Å²) in [4.78, 5) is 2.53. The molecule has 1 aromatic rings. The second-order valence-electron chi connectivity index (χ2n) is 6.24. The number of hydrogen-bond acceptors (Lipinski definition) is 2. The van der Waals surface area contributed by atoms with Crippen molar-refractivity contribution in [2.24, 2.45) is 5.92 Å². The van der Waals surface area contributed by atoms with Crippen LogP contribution < -0.4 is 5.32 Å². The molecule has 1 atom stereocenters. The lowest BCUT2D eigenvalue weighted by Crippen LogP contribution is -2.31. The minimum absolute atomic E-state index is 0.0965. The predicted molar refractivity (Wildman–Crippen MR) is 87.0 cm³/mol. The monoisotopic (exact) mass is 292 g/mol. The number of halogens is 1. The highest BCUT2D eigenvalue weighted by atomic mass is 19.1. The maximum atomic E-state index is 13.8. The van der Waals surface area contributed by atoms with Crippen LogP contribution in [0, 0.1) is 18.7 Å². The fourth-order valence-electron chi connectivity index (χ4n) is 2.81. The van der Waals surface area contributed by atoms with Gasteiger partial charge in [-0.15, -0.1) is 0 Å². The first-order valence-corrected chi connectivity index (χ1v) is 8.35. The van der Waals surface area contributed by atoms with E-state index in [0.29, 0.717) is 0 Å².